The Morgan fingerprint density at radius 3 is 2.00 bits per heavy atom. The number of alkyl halides is 3. The Kier molecular flexibility index (Phi) is 6.28. The lowest BCUT2D eigenvalue weighted by Crippen LogP contribution is -2.54. The number of nitrogens with zero attached hydrogens (tertiary/aromatic N) is 2. The first-order valence-corrected chi connectivity index (χ1v) is 8.60. The van der Waals surface area contributed by atoms with Gasteiger partial charge in [0, 0.05) is 31.7 Å². The first-order valence-electron chi connectivity index (χ1n) is 8.60. The van der Waals surface area contributed by atoms with E-state index in [2.05, 4.69) is 0 Å². The summed E-state index contributed by atoms with van der Waals surface area (Å²) in [5.74, 6) is -0.144. The molecule has 1 atom stereocenters. The van der Waals surface area contributed by atoms with Crippen LogP contribution in [0, 0.1) is 5.92 Å². The maximum absolute atomic E-state index is 12.6. The molecule has 1 aliphatic rings. The second-order valence-corrected chi connectivity index (χ2v) is 6.93. The maximum Gasteiger partial charge on any atom is 0.416 e. The van der Waals surface area contributed by atoms with E-state index >= 15 is 0 Å². The first kappa shape index (κ1) is 20.2. The van der Waals surface area contributed by atoms with Crippen LogP contribution in [0.1, 0.15) is 36.2 Å². The van der Waals surface area contributed by atoms with E-state index in [1.54, 1.807) is 9.80 Å². The summed E-state index contributed by atoms with van der Waals surface area (Å²) in [5.41, 5.74) is 5.33. The van der Waals surface area contributed by atoms with Crippen LogP contribution in [0.4, 0.5) is 13.2 Å². The monoisotopic (exact) mass is 371 g/mol. The molecule has 0 aliphatic carbocycles. The van der Waals surface area contributed by atoms with Gasteiger partial charge in [0.15, 0.2) is 0 Å². The topological polar surface area (TPSA) is 66.6 Å². The smallest absolute Gasteiger partial charge is 0.338 e. The summed E-state index contributed by atoms with van der Waals surface area (Å²) in [5, 5.41) is 0. The highest BCUT2D eigenvalue weighted by Gasteiger charge is 2.31. The minimum absolute atomic E-state index is 0.125. The van der Waals surface area contributed by atoms with Crippen molar-refractivity contribution < 1.29 is 22.8 Å². The van der Waals surface area contributed by atoms with Gasteiger partial charge in [0.25, 0.3) is 5.91 Å². The number of hydrogen-bond acceptors (Lipinski definition) is 3. The van der Waals surface area contributed by atoms with Crippen molar-refractivity contribution in [3.63, 3.8) is 0 Å². The molecule has 1 aliphatic heterocycles. The number of benzene rings is 1. The zero-order chi connectivity index (χ0) is 19.5. The molecule has 1 heterocycles. The average molecular weight is 371 g/mol. The van der Waals surface area contributed by atoms with Gasteiger partial charge in [-0.1, -0.05) is 13.8 Å². The third-order valence-electron chi connectivity index (χ3n) is 4.38. The van der Waals surface area contributed by atoms with Crippen molar-refractivity contribution >= 4 is 11.8 Å². The van der Waals surface area contributed by atoms with Crippen LogP contribution in [0.2, 0.25) is 0 Å². The zero-order valence-electron chi connectivity index (χ0n) is 14.9. The molecule has 144 valence electrons. The van der Waals surface area contributed by atoms with E-state index in [9.17, 15) is 22.8 Å². The van der Waals surface area contributed by atoms with Gasteiger partial charge in [-0.2, -0.15) is 13.2 Å². The highest BCUT2D eigenvalue weighted by molar-refractivity contribution is 5.94. The fourth-order valence-corrected chi connectivity index (χ4v) is 2.96. The lowest BCUT2D eigenvalue weighted by molar-refractivity contribution is -0.137. The number of amides is 2. The van der Waals surface area contributed by atoms with Crippen LogP contribution in [0.3, 0.4) is 0 Å². The fourth-order valence-electron chi connectivity index (χ4n) is 2.96. The van der Waals surface area contributed by atoms with E-state index in [0.29, 0.717) is 38.5 Å². The van der Waals surface area contributed by atoms with Crippen LogP contribution < -0.4 is 5.73 Å². The Balaban J connectivity index is 1.93. The standard InChI is InChI=1S/C18H24F3N3O2/c1-12(2)11-15(22)17(26)24-9-7-23(8-10-24)16(25)13-3-5-14(6-4-13)18(19,20)21/h3-6,12,15H,7-11,22H2,1-2H3/t15-/m0/s1. The molecule has 1 aromatic carbocycles. The Morgan fingerprint density at radius 2 is 1.54 bits per heavy atom. The second-order valence-electron chi connectivity index (χ2n) is 6.93. The number of piperazine rings is 1. The molecule has 2 N–H and O–H groups in total. The maximum atomic E-state index is 12.6. The number of nitrogens with two attached hydrogens (primary N) is 1. The largest absolute Gasteiger partial charge is 0.416 e. The van der Waals surface area contributed by atoms with Crippen LogP contribution in [-0.4, -0.2) is 53.8 Å². The van der Waals surface area contributed by atoms with Crippen molar-refractivity contribution in [3.8, 4) is 0 Å². The average Bonchev–Trinajstić information content (AvgIpc) is 2.59. The van der Waals surface area contributed by atoms with Gasteiger partial charge in [0.2, 0.25) is 5.91 Å². The summed E-state index contributed by atoms with van der Waals surface area (Å²) in [4.78, 5) is 27.9. The van der Waals surface area contributed by atoms with Gasteiger partial charge in [-0.3, -0.25) is 9.59 Å². The molecule has 2 amide bonds. The number of carbonyl (C=O) groups is 2. The van der Waals surface area contributed by atoms with Crippen molar-refractivity contribution in [3.05, 3.63) is 35.4 Å². The van der Waals surface area contributed by atoms with Gasteiger partial charge in [0.1, 0.15) is 0 Å². The quantitative estimate of drug-likeness (QED) is 0.884. The minimum atomic E-state index is -4.43. The second kappa shape index (κ2) is 8.07. The Hall–Kier alpha value is -2.09. The van der Waals surface area contributed by atoms with Crippen LogP contribution in [0.5, 0.6) is 0 Å². The third kappa shape index (κ3) is 4.97. The summed E-state index contributed by atoms with van der Waals surface area (Å²) in [7, 11) is 0. The molecule has 1 aromatic rings. The molecule has 1 saturated heterocycles. The van der Waals surface area contributed by atoms with Crippen LogP contribution in [-0.2, 0) is 11.0 Å². The van der Waals surface area contributed by atoms with Gasteiger partial charge in [-0.25, -0.2) is 0 Å². The minimum Gasteiger partial charge on any atom is -0.338 e. The van der Waals surface area contributed by atoms with Crippen LogP contribution >= 0.6 is 0 Å². The third-order valence-corrected chi connectivity index (χ3v) is 4.38. The molecule has 0 spiro atoms. The SMILES string of the molecule is CC(C)C[C@H](N)C(=O)N1CCN(C(=O)c2ccc(C(F)(F)F)cc2)CC1. The number of hydrogen-bond donors (Lipinski definition) is 1. The summed E-state index contributed by atoms with van der Waals surface area (Å²) >= 11 is 0. The van der Waals surface area contributed by atoms with Crippen molar-refractivity contribution in [2.45, 2.75) is 32.5 Å². The molecule has 0 saturated carbocycles. The van der Waals surface area contributed by atoms with Gasteiger partial charge >= 0.3 is 6.18 Å². The molecule has 1 fully saturated rings. The number of carbonyl (C=O) groups excluding carboxylic acids is 2. The van der Waals surface area contributed by atoms with Gasteiger partial charge in [-0.15, -0.1) is 0 Å². The van der Waals surface area contributed by atoms with Gasteiger partial charge in [0.05, 0.1) is 11.6 Å². The van der Waals surface area contributed by atoms with Crippen LogP contribution in [0.25, 0.3) is 0 Å². The fraction of sp³-hybridized carbons (Fsp3) is 0.556. The molecule has 0 radical (unpaired) electrons. The molecule has 2 rings (SSSR count). The molecule has 0 aromatic heterocycles. The van der Waals surface area contributed by atoms with E-state index in [1.807, 2.05) is 13.8 Å². The molecule has 0 unspecified atom stereocenters. The van der Waals surface area contributed by atoms with E-state index in [4.69, 9.17) is 5.73 Å². The van der Waals surface area contributed by atoms with Gasteiger partial charge < -0.3 is 15.5 Å². The number of halogens is 3. The Bertz CT molecular complexity index is 636. The summed E-state index contributed by atoms with van der Waals surface area (Å²) < 4.78 is 37.8. The molecule has 5 nitrogen and oxygen atoms in total. The van der Waals surface area contributed by atoms with E-state index in [1.165, 1.54) is 12.1 Å². The number of rotatable bonds is 4. The highest BCUT2D eigenvalue weighted by atomic mass is 19.4. The molecule has 0 bridgehead atoms. The van der Waals surface area contributed by atoms with Gasteiger partial charge in [-0.05, 0) is 36.6 Å². The lowest BCUT2D eigenvalue weighted by Gasteiger charge is -2.36. The normalized spacial score (nSPS) is 16.7. The molecular weight excluding hydrogens is 347 g/mol. The lowest BCUT2D eigenvalue weighted by atomic mass is 10.0. The summed E-state index contributed by atoms with van der Waals surface area (Å²) in [6.07, 6.45) is -3.83. The Labute approximate surface area is 150 Å². The van der Waals surface area contributed by atoms with Crippen molar-refractivity contribution in [1.82, 2.24) is 9.80 Å². The van der Waals surface area contributed by atoms with E-state index in [0.717, 1.165) is 12.1 Å². The summed E-state index contributed by atoms with van der Waals surface area (Å²) in [6.45, 7) is 5.40. The van der Waals surface area contributed by atoms with E-state index in [-0.39, 0.29) is 17.4 Å². The molecule has 8 heteroatoms. The first-order chi connectivity index (χ1) is 12.1. The van der Waals surface area contributed by atoms with Crippen molar-refractivity contribution in [2.75, 3.05) is 26.2 Å². The summed E-state index contributed by atoms with van der Waals surface area (Å²) in [6, 6.07) is 3.62. The predicted molar refractivity (Wildman–Crippen MR) is 91.4 cm³/mol. The van der Waals surface area contributed by atoms with Crippen LogP contribution in [0.15, 0.2) is 24.3 Å². The molecular formula is C18H24F3N3O2. The molecule has 26 heavy (non-hydrogen) atoms. The predicted octanol–water partition coefficient (Wildman–Crippen LogP) is 2.36. The Morgan fingerprint density at radius 1 is 1.04 bits per heavy atom. The zero-order valence-corrected chi connectivity index (χ0v) is 14.9. The van der Waals surface area contributed by atoms with Crippen molar-refractivity contribution in [2.24, 2.45) is 11.7 Å². The highest BCUT2D eigenvalue weighted by Crippen LogP contribution is 2.29. The van der Waals surface area contributed by atoms with Crippen molar-refractivity contribution in [1.29, 1.82) is 0 Å². The van der Waals surface area contributed by atoms with E-state index < -0.39 is 17.8 Å².